The molecule has 1 aromatic rings. The fraction of sp³-hybridized carbons (Fsp3) is 0.647. The number of carbonyl (C=O) groups excluding carboxylic acids is 2. The van der Waals surface area contributed by atoms with Gasteiger partial charge in [-0.1, -0.05) is 19.9 Å². The Hall–Kier alpha value is -1.44. The van der Waals surface area contributed by atoms with Crippen molar-refractivity contribution in [2.45, 2.75) is 52.2 Å². The standard InChI is InChI=1S/C17H30N4O2S/c1-5-19-17(23)15(11(2)3)21-16(22)12(4)20-10-13(18)9-14-7-6-8-24-14/h6-8,11-13,15,20H,5,9-10,18H2,1-4H3,(H,19,23)(H,21,22)/t12-,13-,15-/m0/s1. The Balaban J connectivity index is 2.43. The lowest BCUT2D eigenvalue weighted by atomic mass is 10.0. The summed E-state index contributed by atoms with van der Waals surface area (Å²) in [6.45, 7) is 8.55. The average molecular weight is 355 g/mol. The molecule has 0 aliphatic heterocycles. The van der Waals surface area contributed by atoms with Crippen LogP contribution in [0.1, 0.15) is 32.6 Å². The third-order valence-electron chi connectivity index (χ3n) is 3.72. The molecule has 0 aliphatic carbocycles. The molecule has 1 aromatic heterocycles. The highest BCUT2D eigenvalue weighted by atomic mass is 32.1. The first-order valence-corrected chi connectivity index (χ1v) is 9.32. The summed E-state index contributed by atoms with van der Waals surface area (Å²) in [4.78, 5) is 25.6. The molecule has 136 valence electrons. The number of likely N-dealkylation sites (N-methyl/N-ethyl adjacent to an activating group) is 1. The van der Waals surface area contributed by atoms with Crippen molar-refractivity contribution in [1.29, 1.82) is 0 Å². The highest BCUT2D eigenvalue weighted by molar-refractivity contribution is 7.09. The molecule has 5 N–H and O–H groups in total. The van der Waals surface area contributed by atoms with Crippen LogP contribution in [-0.4, -0.2) is 43.0 Å². The van der Waals surface area contributed by atoms with E-state index in [0.29, 0.717) is 13.1 Å². The second kappa shape index (κ2) is 10.4. The van der Waals surface area contributed by atoms with Gasteiger partial charge in [0.2, 0.25) is 11.8 Å². The predicted molar refractivity (Wildman–Crippen MR) is 98.9 cm³/mol. The monoisotopic (exact) mass is 354 g/mol. The summed E-state index contributed by atoms with van der Waals surface area (Å²) in [6.07, 6.45) is 0.784. The summed E-state index contributed by atoms with van der Waals surface area (Å²) in [7, 11) is 0. The van der Waals surface area contributed by atoms with Gasteiger partial charge in [0.25, 0.3) is 0 Å². The number of thiophene rings is 1. The Morgan fingerprint density at radius 1 is 1.25 bits per heavy atom. The summed E-state index contributed by atoms with van der Waals surface area (Å²) in [5.74, 6) is -0.320. The largest absolute Gasteiger partial charge is 0.355 e. The van der Waals surface area contributed by atoms with Gasteiger partial charge in [0.1, 0.15) is 6.04 Å². The van der Waals surface area contributed by atoms with Crippen LogP contribution in [-0.2, 0) is 16.0 Å². The summed E-state index contributed by atoms with van der Waals surface area (Å²) in [5.41, 5.74) is 6.10. The van der Waals surface area contributed by atoms with Crippen LogP contribution < -0.4 is 21.7 Å². The first-order valence-electron chi connectivity index (χ1n) is 8.44. The fourth-order valence-corrected chi connectivity index (χ4v) is 3.08. The predicted octanol–water partition coefficient (Wildman–Crippen LogP) is 0.873. The number of hydrogen-bond donors (Lipinski definition) is 4. The Bertz CT molecular complexity index is 505. The summed E-state index contributed by atoms with van der Waals surface area (Å²) in [5, 5.41) is 10.7. The van der Waals surface area contributed by atoms with Crippen molar-refractivity contribution in [3.05, 3.63) is 22.4 Å². The van der Waals surface area contributed by atoms with Gasteiger partial charge in [0.05, 0.1) is 6.04 Å². The second-order valence-corrected chi connectivity index (χ2v) is 7.33. The maximum atomic E-state index is 12.3. The number of nitrogens with two attached hydrogens (primary N) is 1. The van der Waals surface area contributed by atoms with Crippen LogP contribution >= 0.6 is 11.3 Å². The van der Waals surface area contributed by atoms with Crippen molar-refractivity contribution in [3.8, 4) is 0 Å². The highest BCUT2D eigenvalue weighted by Crippen LogP contribution is 2.10. The lowest BCUT2D eigenvalue weighted by molar-refractivity contribution is -0.130. The third kappa shape index (κ3) is 6.98. The van der Waals surface area contributed by atoms with E-state index >= 15 is 0 Å². The normalized spacial score (nSPS) is 14.9. The number of nitrogens with one attached hydrogen (secondary N) is 3. The molecule has 0 unspecified atom stereocenters. The van der Waals surface area contributed by atoms with Crippen LogP contribution in [0.3, 0.4) is 0 Å². The van der Waals surface area contributed by atoms with Crippen LogP contribution in [0.5, 0.6) is 0 Å². The summed E-state index contributed by atoms with van der Waals surface area (Å²) < 4.78 is 0. The van der Waals surface area contributed by atoms with Crippen molar-refractivity contribution in [2.75, 3.05) is 13.1 Å². The van der Waals surface area contributed by atoms with E-state index in [1.807, 2.05) is 32.2 Å². The van der Waals surface area contributed by atoms with E-state index < -0.39 is 12.1 Å². The molecule has 0 radical (unpaired) electrons. The molecule has 0 fully saturated rings. The van der Waals surface area contributed by atoms with Crippen molar-refractivity contribution < 1.29 is 9.59 Å². The zero-order valence-electron chi connectivity index (χ0n) is 15.0. The summed E-state index contributed by atoms with van der Waals surface area (Å²) in [6, 6.07) is 3.07. The number of hydrogen-bond acceptors (Lipinski definition) is 5. The number of amides is 2. The van der Waals surface area contributed by atoms with Gasteiger partial charge in [-0.15, -0.1) is 11.3 Å². The van der Waals surface area contributed by atoms with Crippen molar-refractivity contribution in [1.82, 2.24) is 16.0 Å². The van der Waals surface area contributed by atoms with Crippen molar-refractivity contribution in [2.24, 2.45) is 11.7 Å². The molecule has 3 atom stereocenters. The number of rotatable bonds is 10. The molecule has 0 saturated heterocycles. The van der Waals surface area contributed by atoms with Gasteiger partial charge in [-0.2, -0.15) is 0 Å². The Morgan fingerprint density at radius 2 is 1.96 bits per heavy atom. The summed E-state index contributed by atoms with van der Waals surface area (Å²) >= 11 is 1.68. The maximum Gasteiger partial charge on any atom is 0.242 e. The molecule has 2 amide bonds. The zero-order chi connectivity index (χ0) is 18.1. The van der Waals surface area contributed by atoms with Gasteiger partial charge < -0.3 is 21.7 Å². The van der Waals surface area contributed by atoms with Crippen LogP contribution in [0, 0.1) is 5.92 Å². The van der Waals surface area contributed by atoms with Crippen LogP contribution in [0.25, 0.3) is 0 Å². The van der Waals surface area contributed by atoms with Gasteiger partial charge in [-0.3, -0.25) is 9.59 Å². The molecule has 0 aromatic carbocycles. The lowest BCUT2D eigenvalue weighted by Crippen LogP contribution is -2.55. The fourth-order valence-electron chi connectivity index (χ4n) is 2.28. The quantitative estimate of drug-likeness (QED) is 0.501. The average Bonchev–Trinajstić information content (AvgIpc) is 3.02. The number of carbonyl (C=O) groups is 2. The van der Waals surface area contributed by atoms with E-state index in [-0.39, 0.29) is 23.8 Å². The molecule has 1 heterocycles. The first-order chi connectivity index (χ1) is 11.3. The molecule has 0 spiro atoms. The second-order valence-electron chi connectivity index (χ2n) is 6.30. The Kier molecular flexibility index (Phi) is 8.95. The van der Waals surface area contributed by atoms with Crippen LogP contribution in [0.2, 0.25) is 0 Å². The maximum absolute atomic E-state index is 12.3. The first kappa shape index (κ1) is 20.6. The molecule has 0 bridgehead atoms. The lowest BCUT2D eigenvalue weighted by Gasteiger charge is -2.24. The SMILES string of the molecule is CCNC(=O)[C@@H](NC(=O)[C@H](C)NC[C@@H](N)Cc1cccs1)C(C)C. The minimum atomic E-state index is -0.526. The molecule has 0 aliphatic rings. The van der Waals surface area contributed by atoms with Gasteiger partial charge in [-0.05, 0) is 37.6 Å². The van der Waals surface area contributed by atoms with Gasteiger partial charge in [0.15, 0.2) is 0 Å². The molecule has 7 heteroatoms. The van der Waals surface area contributed by atoms with Crippen molar-refractivity contribution >= 4 is 23.2 Å². The topological polar surface area (TPSA) is 96.2 Å². The Morgan fingerprint density at radius 3 is 2.50 bits per heavy atom. The molecule has 0 saturated carbocycles. The van der Waals surface area contributed by atoms with E-state index in [0.717, 1.165) is 6.42 Å². The van der Waals surface area contributed by atoms with Crippen LogP contribution in [0.4, 0.5) is 0 Å². The smallest absolute Gasteiger partial charge is 0.242 e. The molecule has 6 nitrogen and oxygen atoms in total. The minimum absolute atomic E-state index is 0.0220. The minimum Gasteiger partial charge on any atom is -0.355 e. The Labute approximate surface area is 148 Å². The highest BCUT2D eigenvalue weighted by Gasteiger charge is 2.25. The third-order valence-corrected chi connectivity index (χ3v) is 4.62. The molecular formula is C17H30N4O2S. The van der Waals surface area contributed by atoms with Crippen molar-refractivity contribution in [3.63, 3.8) is 0 Å². The van der Waals surface area contributed by atoms with Crippen LogP contribution in [0.15, 0.2) is 17.5 Å². The van der Waals surface area contributed by atoms with E-state index in [2.05, 4.69) is 22.0 Å². The molecule has 1 rings (SSSR count). The van der Waals surface area contributed by atoms with E-state index in [1.165, 1.54) is 4.88 Å². The van der Waals surface area contributed by atoms with Gasteiger partial charge in [-0.25, -0.2) is 0 Å². The molecule has 24 heavy (non-hydrogen) atoms. The van der Waals surface area contributed by atoms with E-state index in [4.69, 9.17) is 5.73 Å². The van der Waals surface area contributed by atoms with Gasteiger partial charge in [0, 0.05) is 24.0 Å². The molecular weight excluding hydrogens is 324 g/mol. The van der Waals surface area contributed by atoms with E-state index in [9.17, 15) is 9.59 Å². The van der Waals surface area contributed by atoms with E-state index in [1.54, 1.807) is 18.3 Å². The van der Waals surface area contributed by atoms with Gasteiger partial charge >= 0.3 is 0 Å². The zero-order valence-corrected chi connectivity index (χ0v) is 15.8.